The van der Waals surface area contributed by atoms with Crippen LogP contribution in [0.5, 0.6) is 0 Å². The molecule has 0 saturated carbocycles. The quantitative estimate of drug-likeness (QED) is 0.732. The molecule has 136 valence electrons. The Bertz CT molecular complexity index is 621. The van der Waals surface area contributed by atoms with Gasteiger partial charge in [0.2, 0.25) is 11.8 Å². The second kappa shape index (κ2) is 9.76. The van der Waals surface area contributed by atoms with Gasteiger partial charge in [0.05, 0.1) is 6.54 Å². The molecule has 1 heterocycles. The van der Waals surface area contributed by atoms with Crippen molar-refractivity contribution in [3.8, 4) is 0 Å². The third kappa shape index (κ3) is 6.52. The summed E-state index contributed by atoms with van der Waals surface area (Å²) in [6.07, 6.45) is 4.36. The second-order valence-corrected chi connectivity index (χ2v) is 6.09. The minimum absolute atomic E-state index is 0.169. The first-order chi connectivity index (χ1) is 12.1. The van der Waals surface area contributed by atoms with Gasteiger partial charge in [-0.1, -0.05) is 12.5 Å². The van der Waals surface area contributed by atoms with Crippen molar-refractivity contribution in [3.63, 3.8) is 0 Å². The molecule has 0 spiro atoms. The molecule has 1 aromatic rings. The summed E-state index contributed by atoms with van der Waals surface area (Å²) in [5.41, 5.74) is 0.174. The second-order valence-electron chi connectivity index (χ2n) is 6.09. The summed E-state index contributed by atoms with van der Waals surface area (Å²) < 4.78 is 13.1. The highest BCUT2D eigenvalue weighted by atomic mass is 19.1. The van der Waals surface area contributed by atoms with Crippen molar-refractivity contribution < 1.29 is 18.8 Å². The molecule has 0 radical (unpaired) electrons. The van der Waals surface area contributed by atoms with Crippen LogP contribution in [0.15, 0.2) is 24.3 Å². The molecule has 0 aromatic heterocycles. The number of nitrogens with one attached hydrogen (secondary N) is 2. The molecule has 1 aliphatic heterocycles. The predicted octanol–water partition coefficient (Wildman–Crippen LogP) is 1.46. The Balaban J connectivity index is 1.62. The molecule has 0 bridgehead atoms. The van der Waals surface area contributed by atoms with Gasteiger partial charge in [0.15, 0.2) is 0 Å². The normalized spacial score (nSPS) is 14.8. The van der Waals surface area contributed by atoms with E-state index in [0.717, 1.165) is 31.9 Å². The Hall–Kier alpha value is -2.44. The summed E-state index contributed by atoms with van der Waals surface area (Å²) in [4.78, 5) is 37.2. The standard InChI is InChI=1S/C18H24FN3O3/c19-15-7-4-6-14(12-15)18(25)21-13-16(23)20-9-5-11-22-10-3-1-2-8-17(22)24/h4,6-7,12H,1-3,5,8-11,13H2,(H,20,23)(H,21,25). The van der Waals surface area contributed by atoms with Crippen molar-refractivity contribution in [3.05, 3.63) is 35.6 Å². The Morgan fingerprint density at radius 2 is 2.00 bits per heavy atom. The average Bonchev–Trinajstić information content (AvgIpc) is 2.81. The molecule has 3 amide bonds. The van der Waals surface area contributed by atoms with E-state index >= 15 is 0 Å². The Labute approximate surface area is 146 Å². The first kappa shape index (κ1) is 18.9. The maximum atomic E-state index is 13.1. The number of carbonyl (C=O) groups excluding carboxylic acids is 3. The Morgan fingerprint density at radius 3 is 2.80 bits per heavy atom. The molecule has 0 unspecified atom stereocenters. The summed E-state index contributed by atoms with van der Waals surface area (Å²) in [5.74, 6) is -1.12. The maximum absolute atomic E-state index is 13.1. The molecule has 0 aliphatic carbocycles. The van der Waals surface area contributed by atoms with E-state index in [-0.39, 0.29) is 23.9 Å². The maximum Gasteiger partial charge on any atom is 0.251 e. The fourth-order valence-electron chi connectivity index (χ4n) is 2.73. The highest BCUT2D eigenvalue weighted by Crippen LogP contribution is 2.11. The summed E-state index contributed by atoms with van der Waals surface area (Å²) in [6.45, 7) is 1.70. The average molecular weight is 349 g/mol. The SMILES string of the molecule is O=C(CNC(=O)c1cccc(F)c1)NCCCN1CCCCCC1=O. The zero-order valence-corrected chi connectivity index (χ0v) is 14.2. The van der Waals surface area contributed by atoms with Gasteiger partial charge < -0.3 is 15.5 Å². The molecule has 1 fully saturated rings. The van der Waals surface area contributed by atoms with E-state index in [2.05, 4.69) is 10.6 Å². The number of hydrogen-bond acceptors (Lipinski definition) is 3. The number of nitrogens with zero attached hydrogens (tertiary/aromatic N) is 1. The molecule has 1 saturated heterocycles. The number of amides is 3. The van der Waals surface area contributed by atoms with Crippen LogP contribution in [-0.4, -0.2) is 48.8 Å². The number of rotatable bonds is 7. The third-order valence-electron chi connectivity index (χ3n) is 4.09. The summed E-state index contributed by atoms with van der Waals surface area (Å²) >= 11 is 0. The van der Waals surface area contributed by atoms with Crippen molar-refractivity contribution in [2.45, 2.75) is 32.1 Å². The zero-order valence-electron chi connectivity index (χ0n) is 14.2. The largest absolute Gasteiger partial charge is 0.355 e. The number of likely N-dealkylation sites (tertiary alicyclic amines) is 1. The number of halogens is 1. The first-order valence-electron chi connectivity index (χ1n) is 8.64. The molecule has 7 heteroatoms. The number of hydrogen-bond donors (Lipinski definition) is 2. The Kier molecular flexibility index (Phi) is 7.37. The lowest BCUT2D eigenvalue weighted by Gasteiger charge is -2.20. The lowest BCUT2D eigenvalue weighted by Crippen LogP contribution is -2.38. The molecule has 1 aliphatic rings. The van der Waals surface area contributed by atoms with E-state index < -0.39 is 11.7 Å². The summed E-state index contributed by atoms with van der Waals surface area (Å²) in [7, 11) is 0. The topological polar surface area (TPSA) is 78.5 Å². The van der Waals surface area contributed by atoms with Crippen LogP contribution in [0.3, 0.4) is 0 Å². The molecule has 25 heavy (non-hydrogen) atoms. The molecular formula is C18H24FN3O3. The van der Waals surface area contributed by atoms with E-state index in [9.17, 15) is 18.8 Å². The van der Waals surface area contributed by atoms with Crippen LogP contribution >= 0.6 is 0 Å². The fraction of sp³-hybridized carbons (Fsp3) is 0.500. The van der Waals surface area contributed by atoms with Crippen LogP contribution in [0.1, 0.15) is 42.5 Å². The molecular weight excluding hydrogens is 325 g/mol. The number of carbonyl (C=O) groups is 3. The van der Waals surface area contributed by atoms with Crippen LogP contribution in [-0.2, 0) is 9.59 Å². The van der Waals surface area contributed by atoms with E-state index in [0.29, 0.717) is 25.9 Å². The molecule has 2 rings (SSSR count). The van der Waals surface area contributed by atoms with Crippen LogP contribution in [0, 0.1) is 5.82 Å². The van der Waals surface area contributed by atoms with Gasteiger partial charge >= 0.3 is 0 Å². The minimum atomic E-state index is -0.500. The van der Waals surface area contributed by atoms with Gasteiger partial charge in [0, 0.05) is 31.6 Å². The van der Waals surface area contributed by atoms with Gasteiger partial charge in [0.1, 0.15) is 5.82 Å². The van der Waals surface area contributed by atoms with Gasteiger partial charge in [-0.2, -0.15) is 0 Å². The van der Waals surface area contributed by atoms with E-state index in [1.807, 2.05) is 4.90 Å². The van der Waals surface area contributed by atoms with Gasteiger partial charge in [-0.3, -0.25) is 14.4 Å². The highest BCUT2D eigenvalue weighted by molar-refractivity contribution is 5.96. The van der Waals surface area contributed by atoms with Gasteiger partial charge in [0.25, 0.3) is 5.91 Å². The van der Waals surface area contributed by atoms with E-state index in [1.165, 1.54) is 18.2 Å². The van der Waals surface area contributed by atoms with Crippen LogP contribution in [0.2, 0.25) is 0 Å². The zero-order chi connectivity index (χ0) is 18.1. The summed E-state index contributed by atoms with van der Waals surface area (Å²) in [5, 5.41) is 5.15. The van der Waals surface area contributed by atoms with E-state index in [4.69, 9.17) is 0 Å². The van der Waals surface area contributed by atoms with Crippen LogP contribution in [0.25, 0.3) is 0 Å². The lowest BCUT2D eigenvalue weighted by atomic mass is 10.2. The van der Waals surface area contributed by atoms with Crippen molar-refractivity contribution in [1.82, 2.24) is 15.5 Å². The van der Waals surface area contributed by atoms with Gasteiger partial charge in [-0.05, 0) is 37.5 Å². The highest BCUT2D eigenvalue weighted by Gasteiger charge is 2.15. The third-order valence-corrected chi connectivity index (χ3v) is 4.09. The van der Waals surface area contributed by atoms with Crippen LogP contribution in [0.4, 0.5) is 4.39 Å². The van der Waals surface area contributed by atoms with Crippen molar-refractivity contribution in [2.75, 3.05) is 26.2 Å². The molecule has 2 N–H and O–H groups in total. The van der Waals surface area contributed by atoms with Gasteiger partial charge in [-0.15, -0.1) is 0 Å². The first-order valence-corrected chi connectivity index (χ1v) is 8.64. The van der Waals surface area contributed by atoms with Crippen LogP contribution < -0.4 is 10.6 Å². The molecule has 1 aromatic carbocycles. The monoisotopic (exact) mass is 349 g/mol. The predicted molar refractivity (Wildman–Crippen MR) is 91.4 cm³/mol. The van der Waals surface area contributed by atoms with Crippen molar-refractivity contribution >= 4 is 17.7 Å². The minimum Gasteiger partial charge on any atom is -0.355 e. The summed E-state index contributed by atoms with van der Waals surface area (Å²) in [6, 6.07) is 5.28. The Morgan fingerprint density at radius 1 is 1.16 bits per heavy atom. The van der Waals surface area contributed by atoms with E-state index in [1.54, 1.807) is 0 Å². The van der Waals surface area contributed by atoms with Gasteiger partial charge in [-0.25, -0.2) is 4.39 Å². The fourth-order valence-corrected chi connectivity index (χ4v) is 2.73. The lowest BCUT2D eigenvalue weighted by molar-refractivity contribution is -0.130. The molecule has 6 nitrogen and oxygen atoms in total. The smallest absolute Gasteiger partial charge is 0.251 e. The van der Waals surface area contributed by atoms with Crippen molar-refractivity contribution in [1.29, 1.82) is 0 Å². The molecule has 0 atom stereocenters. The number of benzene rings is 1. The van der Waals surface area contributed by atoms with Crippen molar-refractivity contribution in [2.24, 2.45) is 0 Å².